The van der Waals surface area contributed by atoms with Crippen molar-refractivity contribution in [3.63, 3.8) is 0 Å². The molecule has 0 radical (unpaired) electrons. The van der Waals surface area contributed by atoms with Gasteiger partial charge in [-0.3, -0.25) is 0 Å². The van der Waals surface area contributed by atoms with E-state index in [9.17, 15) is 4.79 Å². The molecule has 1 aromatic carbocycles. The lowest BCUT2D eigenvalue weighted by Crippen LogP contribution is -2.21. The number of phenolic OH excluding ortho intramolecular Hbond substituents is 2. The molecule has 0 bridgehead atoms. The number of hydrogen-bond acceptors (Lipinski definition) is 6. The second kappa shape index (κ2) is 5.34. The van der Waals surface area contributed by atoms with E-state index in [0.29, 0.717) is 0 Å². The van der Waals surface area contributed by atoms with Crippen LogP contribution in [0.3, 0.4) is 0 Å². The number of rotatable bonds is 4. The van der Waals surface area contributed by atoms with Crippen LogP contribution < -0.4 is 0 Å². The molecule has 88 valence electrons. The van der Waals surface area contributed by atoms with E-state index in [1.807, 2.05) is 0 Å². The predicted molar refractivity (Wildman–Crippen MR) is 53.1 cm³/mol. The van der Waals surface area contributed by atoms with Crippen molar-refractivity contribution in [2.24, 2.45) is 0 Å². The summed E-state index contributed by atoms with van der Waals surface area (Å²) in [6, 6.07) is 3.46. The Bertz CT molecular complexity index is 376. The summed E-state index contributed by atoms with van der Waals surface area (Å²) in [5.41, 5.74) is 0.0421. The Kier molecular flexibility index (Phi) is 4.10. The fraction of sp³-hybridized carbons (Fsp3) is 0.300. The van der Waals surface area contributed by atoms with Crippen LogP contribution in [0.1, 0.15) is 10.4 Å². The summed E-state index contributed by atoms with van der Waals surface area (Å²) in [5, 5.41) is 35.6. The van der Waals surface area contributed by atoms with E-state index in [1.165, 1.54) is 6.07 Å². The fourth-order valence-corrected chi connectivity index (χ4v) is 0.958. The first kappa shape index (κ1) is 12.3. The third-order valence-corrected chi connectivity index (χ3v) is 1.83. The third kappa shape index (κ3) is 3.11. The first-order valence-electron chi connectivity index (χ1n) is 4.52. The third-order valence-electron chi connectivity index (χ3n) is 1.83. The molecule has 0 fully saturated rings. The Morgan fingerprint density at radius 1 is 1.31 bits per heavy atom. The van der Waals surface area contributed by atoms with Crippen molar-refractivity contribution < 1.29 is 30.0 Å². The van der Waals surface area contributed by atoms with Crippen molar-refractivity contribution in [2.45, 2.75) is 6.10 Å². The number of aliphatic hydroxyl groups is 2. The molecule has 0 saturated heterocycles. The summed E-state index contributed by atoms with van der Waals surface area (Å²) in [6.07, 6.45) is -1.13. The molecule has 0 aliphatic carbocycles. The molecule has 1 aromatic rings. The molecule has 6 nitrogen and oxygen atoms in total. The minimum absolute atomic E-state index is 0.0421. The zero-order valence-electron chi connectivity index (χ0n) is 8.33. The van der Waals surface area contributed by atoms with E-state index in [1.54, 1.807) is 0 Å². The van der Waals surface area contributed by atoms with Crippen LogP contribution in [0.4, 0.5) is 0 Å². The maximum absolute atomic E-state index is 11.3. The second-order valence-electron chi connectivity index (χ2n) is 3.14. The number of esters is 1. The Morgan fingerprint density at radius 3 is 2.56 bits per heavy atom. The molecular formula is C10H12O6. The van der Waals surface area contributed by atoms with Gasteiger partial charge in [-0.2, -0.15) is 0 Å². The maximum atomic E-state index is 11.3. The van der Waals surface area contributed by atoms with Crippen LogP contribution in [0.5, 0.6) is 11.5 Å². The number of carbonyl (C=O) groups is 1. The number of ether oxygens (including phenoxy) is 1. The molecule has 6 heteroatoms. The zero-order valence-corrected chi connectivity index (χ0v) is 8.33. The molecule has 16 heavy (non-hydrogen) atoms. The molecule has 0 aliphatic heterocycles. The van der Waals surface area contributed by atoms with Gasteiger partial charge in [-0.05, 0) is 18.2 Å². The van der Waals surface area contributed by atoms with Gasteiger partial charge in [-0.1, -0.05) is 0 Å². The first-order chi connectivity index (χ1) is 7.54. The van der Waals surface area contributed by atoms with E-state index in [0.717, 1.165) is 12.1 Å². The largest absolute Gasteiger partial charge is 0.504 e. The Hall–Kier alpha value is -1.79. The first-order valence-corrected chi connectivity index (χ1v) is 4.52. The van der Waals surface area contributed by atoms with Gasteiger partial charge in [-0.25, -0.2) is 4.79 Å². The molecular weight excluding hydrogens is 216 g/mol. The SMILES string of the molecule is O=C(OCC(O)CO)c1ccc(O)c(O)c1. The van der Waals surface area contributed by atoms with Gasteiger partial charge >= 0.3 is 5.97 Å². The summed E-state index contributed by atoms with van der Waals surface area (Å²) in [4.78, 5) is 11.3. The Morgan fingerprint density at radius 2 is 2.00 bits per heavy atom. The Labute approximate surface area is 91.3 Å². The molecule has 0 spiro atoms. The van der Waals surface area contributed by atoms with Crippen molar-refractivity contribution >= 4 is 5.97 Å². The van der Waals surface area contributed by atoms with Crippen molar-refractivity contribution in [3.05, 3.63) is 23.8 Å². The topological polar surface area (TPSA) is 107 Å². The van der Waals surface area contributed by atoms with Gasteiger partial charge in [0, 0.05) is 0 Å². The lowest BCUT2D eigenvalue weighted by molar-refractivity contribution is 0.00930. The minimum Gasteiger partial charge on any atom is -0.504 e. The lowest BCUT2D eigenvalue weighted by Gasteiger charge is -2.08. The predicted octanol–water partition coefficient (Wildman–Crippen LogP) is -0.392. The van der Waals surface area contributed by atoms with Gasteiger partial charge in [0.2, 0.25) is 0 Å². The van der Waals surface area contributed by atoms with Gasteiger partial charge in [-0.15, -0.1) is 0 Å². The fourth-order valence-electron chi connectivity index (χ4n) is 0.958. The number of aromatic hydroxyl groups is 2. The van der Waals surface area contributed by atoms with Crippen molar-refractivity contribution in [1.29, 1.82) is 0 Å². The normalized spacial score (nSPS) is 12.1. The molecule has 0 aromatic heterocycles. The molecule has 0 amide bonds. The summed E-state index contributed by atoms with van der Waals surface area (Å²) < 4.78 is 4.63. The van der Waals surface area contributed by atoms with Crippen LogP contribution in [0.25, 0.3) is 0 Å². The highest BCUT2D eigenvalue weighted by atomic mass is 16.5. The monoisotopic (exact) mass is 228 g/mol. The van der Waals surface area contributed by atoms with Gasteiger partial charge < -0.3 is 25.2 Å². The summed E-state index contributed by atoms with van der Waals surface area (Å²) in [5.74, 6) is -1.54. The maximum Gasteiger partial charge on any atom is 0.338 e. The van der Waals surface area contributed by atoms with Crippen LogP contribution in [0.2, 0.25) is 0 Å². The lowest BCUT2D eigenvalue weighted by atomic mass is 10.2. The average molecular weight is 228 g/mol. The Balaban J connectivity index is 2.63. The van der Waals surface area contributed by atoms with Crippen LogP contribution in [0.15, 0.2) is 18.2 Å². The molecule has 1 unspecified atom stereocenters. The summed E-state index contributed by atoms with van der Waals surface area (Å²) >= 11 is 0. The molecule has 0 aliphatic rings. The average Bonchev–Trinajstić information content (AvgIpc) is 2.29. The van der Waals surface area contributed by atoms with Crippen LogP contribution in [-0.2, 0) is 4.74 Å². The van der Waals surface area contributed by atoms with Gasteiger partial charge in [0.25, 0.3) is 0 Å². The second-order valence-corrected chi connectivity index (χ2v) is 3.14. The number of phenols is 2. The van der Waals surface area contributed by atoms with Crippen molar-refractivity contribution in [3.8, 4) is 11.5 Å². The number of aliphatic hydroxyl groups excluding tert-OH is 2. The zero-order chi connectivity index (χ0) is 12.1. The number of carbonyl (C=O) groups excluding carboxylic acids is 1. The smallest absolute Gasteiger partial charge is 0.338 e. The standard InChI is InChI=1S/C10H12O6/c11-4-7(12)5-16-10(15)6-1-2-8(13)9(14)3-6/h1-3,7,11-14H,4-5H2. The van der Waals surface area contributed by atoms with Crippen LogP contribution in [-0.4, -0.2) is 45.7 Å². The van der Waals surface area contributed by atoms with E-state index in [4.69, 9.17) is 20.4 Å². The summed E-state index contributed by atoms with van der Waals surface area (Å²) in [7, 11) is 0. The van der Waals surface area contributed by atoms with E-state index >= 15 is 0 Å². The van der Waals surface area contributed by atoms with E-state index in [2.05, 4.69) is 4.74 Å². The highest BCUT2D eigenvalue weighted by Gasteiger charge is 2.12. The molecule has 4 N–H and O–H groups in total. The number of hydrogen-bond donors (Lipinski definition) is 4. The highest BCUT2D eigenvalue weighted by Crippen LogP contribution is 2.25. The van der Waals surface area contributed by atoms with Crippen molar-refractivity contribution in [2.75, 3.05) is 13.2 Å². The van der Waals surface area contributed by atoms with Crippen molar-refractivity contribution in [1.82, 2.24) is 0 Å². The van der Waals surface area contributed by atoms with Crippen LogP contribution >= 0.6 is 0 Å². The van der Waals surface area contributed by atoms with Gasteiger partial charge in [0.05, 0.1) is 12.2 Å². The van der Waals surface area contributed by atoms with Gasteiger partial charge in [0.15, 0.2) is 11.5 Å². The highest BCUT2D eigenvalue weighted by molar-refractivity contribution is 5.90. The number of benzene rings is 1. The molecule has 0 saturated carbocycles. The van der Waals surface area contributed by atoms with Gasteiger partial charge in [0.1, 0.15) is 12.7 Å². The molecule has 1 rings (SSSR count). The molecule has 0 heterocycles. The quantitative estimate of drug-likeness (QED) is 0.413. The molecule has 1 atom stereocenters. The minimum atomic E-state index is -1.13. The van der Waals surface area contributed by atoms with E-state index in [-0.39, 0.29) is 17.9 Å². The van der Waals surface area contributed by atoms with E-state index < -0.39 is 24.4 Å². The van der Waals surface area contributed by atoms with Crippen LogP contribution in [0, 0.1) is 0 Å². The summed E-state index contributed by atoms with van der Waals surface area (Å²) in [6.45, 7) is -0.842.